The number of rotatable bonds is 5. The average Bonchev–Trinajstić information content (AvgIpc) is 2.82. The second-order valence-corrected chi connectivity index (χ2v) is 4.93. The fraction of sp³-hybridized carbons (Fsp3) is 0.429. The molecular weight excluding hydrogens is 274 g/mol. The molecule has 1 aliphatic heterocycles. The van der Waals surface area contributed by atoms with Crippen LogP contribution in [0.15, 0.2) is 18.3 Å². The van der Waals surface area contributed by atoms with Crippen molar-refractivity contribution in [2.75, 3.05) is 18.4 Å². The van der Waals surface area contributed by atoms with Crippen molar-refractivity contribution in [2.45, 2.75) is 19.8 Å². The number of aliphatic carboxylic acids is 1. The van der Waals surface area contributed by atoms with Crippen LogP contribution in [-0.2, 0) is 20.8 Å². The van der Waals surface area contributed by atoms with E-state index in [0.717, 1.165) is 0 Å². The van der Waals surface area contributed by atoms with Gasteiger partial charge in [0.05, 0.1) is 29.9 Å². The Morgan fingerprint density at radius 2 is 2.24 bits per heavy atom. The Morgan fingerprint density at radius 3 is 2.76 bits per heavy atom. The molecule has 7 heteroatoms. The van der Waals surface area contributed by atoms with Gasteiger partial charge < -0.3 is 15.3 Å². The average molecular weight is 291 g/mol. The zero-order valence-electron chi connectivity index (χ0n) is 11.7. The van der Waals surface area contributed by atoms with Gasteiger partial charge in [0.15, 0.2) is 0 Å². The molecule has 2 heterocycles. The highest BCUT2D eigenvalue weighted by Crippen LogP contribution is 2.19. The Labute approximate surface area is 122 Å². The SMILES string of the molecule is CCN1CC(C(=O)Nc2ccc(CC(=O)O)nc2)CC1=O. The summed E-state index contributed by atoms with van der Waals surface area (Å²) in [7, 11) is 0. The zero-order valence-corrected chi connectivity index (χ0v) is 11.7. The van der Waals surface area contributed by atoms with Gasteiger partial charge in [-0.15, -0.1) is 0 Å². The predicted octanol–water partition coefficient (Wildman–Crippen LogP) is 0.516. The third-order valence-electron chi connectivity index (χ3n) is 3.39. The van der Waals surface area contributed by atoms with Crippen LogP contribution in [0.25, 0.3) is 0 Å². The van der Waals surface area contributed by atoms with E-state index in [0.29, 0.717) is 24.5 Å². The third-order valence-corrected chi connectivity index (χ3v) is 3.39. The van der Waals surface area contributed by atoms with Crippen molar-refractivity contribution < 1.29 is 19.5 Å². The van der Waals surface area contributed by atoms with Crippen molar-refractivity contribution in [3.63, 3.8) is 0 Å². The van der Waals surface area contributed by atoms with Gasteiger partial charge in [-0.05, 0) is 19.1 Å². The van der Waals surface area contributed by atoms with Gasteiger partial charge in [0, 0.05) is 19.5 Å². The number of carbonyl (C=O) groups is 3. The Morgan fingerprint density at radius 1 is 1.48 bits per heavy atom. The van der Waals surface area contributed by atoms with Gasteiger partial charge in [0.2, 0.25) is 11.8 Å². The molecule has 0 saturated carbocycles. The molecule has 1 unspecified atom stereocenters. The third kappa shape index (κ3) is 3.77. The van der Waals surface area contributed by atoms with Crippen LogP contribution in [0.5, 0.6) is 0 Å². The van der Waals surface area contributed by atoms with Crippen LogP contribution in [-0.4, -0.2) is 45.9 Å². The number of aromatic nitrogens is 1. The Kier molecular flexibility index (Phi) is 4.52. The second kappa shape index (κ2) is 6.34. The standard InChI is InChI=1S/C14H17N3O4/c1-2-17-8-9(5-12(17)18)14(21)16-11-4-3-10(15-7-11)6-13(19)20/h3-4,7,9H,2,5-6,8H2,1H3,(H,16,21)(H,19,20). The van der Waals surface area contributed by atoms with Gasteiger partial charge in [-0.25, -0.2) is 0 Å². The van der Waals surface area contributed by atoms with Crippen molar-refractivity contribution in [3.8, 4) is 0 Å². The Bertz CT molecular complexity index is 556. The molecule has 0 radical (unpaired) electrons. The van der Waals surface area contributed by atoms with Crippen LogP contribution in [0.2, 0.25) is 0 Å². The smallest absolute Gasteiger partial charge is 0.309 e. The summed E-state index contributed by atoms with van der Waals surface area (Å²) in [6.07, 6.45) is 1.49. The van der Waals surface area contributed by atoms with Crippen molar-refractivity contribution >= 4 is 23.5 Å². The van der Waals surface area contributed by atoms with Crippen LogP contribution in [0, 0.1) is 5.92 Å². The lowest BCUT2D eigenvalue weighted by atomic mass is 10.1. The summed E-state index contributed by atoms with van der Waals surface area (Å²) in [6.45, 7) is 2.92. The molecule has 2 rings (SSSR count). The summed E-state index contributed by atoms with van der Waals surface area (Å²) in [4.78, 5) is 39.8. The first-order valence-corrected chi connectivity index (χ1v) is 6.75. The molecule has 7 nitrogen and oxygen atoms in total. The molecule has 1 atom stereocenters. The number of nitrogens with one attached hydrogen (secondary N) is 1. The van der Waals surface area contributed by atoms with Crippen LogP contribution >= 0.6 is 0 Å². The molecule has 0 aromatic carbocycles. The molecular formula is C14H17N3O4. The lowest BCUT2D eigenvalue weighted by Gasteiger charge is -2.13. The number of carboxylic acid groups (broad SMARTS) is 1. The fourth-order valence-corrected chi connectivity index (χ4v) is 2.26. The van der Waals surface area contributed by atoms with Crippen molar-refractivity contribution in [1.82, 2.24) is 9.88 Å². The van der Waals surface area contributed by atoms with E-state index in [2.05, 4.69) is 10.3 Å². The maximum atomic E-state index is 12.1. The van der Waals surface area contributed by atoms with E-state index in [1.165, 1.54) is 6.20 Å². The van der Waals surface area contributed by atoms with Crippen LogP contribution in [0.1, 0.15) is 19.0 Å². The molecule has 2 amide bonds. The summed E-state index contributed by atoms with van der Waals surface area (Å²) in [5.74, 6) is -1.53. The van der Waals surface area contributed by atoms with E-state index in [1.807, 2.05) is 6.92 Å². The van der Waals surface area contributed by atoms with E-state index in [4.69, 9.17) is 5.11 Å². The Hall–Kier alpha value is -2.44. The molecule has 112 valence electrons. The molecule has 1 aromatic rings. The number of hydrogen-bond acceptors (Lipinski definition) is 4. The molecule has 0 spiro atoms. The topological polar surface area (TPSA) is 99.6 Å². The lowest BCUT2D eigenvalue weighted by molar-refractivity contribution is -0.136. The van der Waals surface area contributed by atoms with Crippen LogP contribution in [0.4, 0.5) is 5.69 Å². The van der Waals surface area contributed by atoms with Gasteiger partial charge in [-0.1, -0.05) is 0 Å². The maximum Gasteiger partial charge on any atom is 0.309 e. The monoisotopic (exact) mass is 291 g/mol. The maximum absolute atomic E-state index is 12.1. The van der Waals surface area contributed by atoms with Gasteiger partial charge in [-0.3, -0.25) is 19.4 Å². The van der Waals surface area contributed by atoms with Gasteiger partial charge in [0.25, 0.3) is 0 Å². The van der Waals surface area contributed by atoms with Crippen molar-refractivity contribution in [1.29, 1.82) is 0 Å². The summed E-state index contributed by atoms with van der Waals surface area (Å²) < 4.78 is 0. The molecule has 1 fully saturated rings. The lowest BCUT2D eigenvalue weighted by Crippen LogP contribution is -2.28. The Balaban J connectivity index is 1.94. The molecule has 0 aliphatic carbocycles. The highest BCUT2D eigenvalue weighted by molar-refractivity contribution is 5.97. The van der Waals surface area contributed by atoms with Gasteiger partial charge in [-0.2, -0.15) is 0 Å². The molecule has 1 aromatic heterocycles. The number of amides is 2. The summed E-state index contributed by atoms with van der Waals surface area (Å²) in [5, 5.41) is 11.4. The predicted molar refractivity (Wildman–Crippen MR) is 74.6 cm³/mol. The van der Waals surface area contributed by atoms with Gasteiger partial charge >= 0.3 is 5.97 Å². The van der Waals surface area contributed by atoms with Crippen LogP contribution in [0.3, 0.4) is 0 Å². The molecule has 1 aliphatic rings. The second-order valence-electron chi connectivity index (χ2n) is 4.93. The number of anilines is 1. The van der Waals surface area contributed by atoms with Crippen LogP contribution < -0.4 is 5.32 Å². The summed E-state index contributed by atoms with van der Waals surface area (Å²) >= 11 is 0. The number of nitrogens with zero attached hydrogens (tertiary/aromatic N) is 2. The first-order chi connectivity index (χ1) is 9.99. The molecule has 0 bridgehead atoms. The summed E-state index contributed by atoms with van der Waals surface area (Å²) in [5.41, 5.74) is 0.922. The van der Waals surface area contributed by atoms with Crippen molar-refractivity contribution in [3.05, 3.63) is 24.0 Å². The van der Waals surface area contributed by atoms with E-state index < -0.39 is 5.97 Å². The van der Waals surface area contributed by atoms with Gasteiger partial charge in [0.1, 0.15) is 0 Å². The number of carboxylic acids is 1. The van der Waals surface area contributed by atoms with E-state index in [-0.39, 0.29) is 30.6 Å². The number of likely N-dealkylation sites (tertiary alicyclic amines) is 1. The summed E-state index contributed by atoms with van der Waals surface area (Å²) in [6, 6.07) is 3.17. The first kappa shape index (κ1) is 15.0. The minimum Gasteiger partial charge on any atom is -0.481 e. The zero-order chi connectivity index (χ0) is 15.4. The van der Waals surface area contributed by atoms with E-state index >= 15 is 0 Å². The highest BCUT2D eigenvalue weighted by Gasteiger charge is 2.33. The number of carbonyl (C=O) groups excluding carboxylic acids is 2. The number of pyridine rings is 1. The minimum atomic E-state index is -0.955. The highest BCUT2D eigenvalue weighted by atomic mass is 16.4. The minimum absolute atomic E-state index is 0.00687. The van der Waals surface area contributed by atoms with E-state index in [1.54, 1.807) is 17.0 Å². The molecule has 2 N–H and O–H groups in total. The number of hydrogen-bond donors (Lipinski definition) is 2. The first-order valence-electron chi connectivity index (χ1n) is 6.75. The quantitative estimate of drug-likeness (QED) is 0.823. The largest absolute Gasteiger partial charge is 0.481 e. The molecule has 1 saturated heterocycles. The normalized spacial score (nSPS) is 17.9. The fourth-order valence-electron chi connectivity index (χ4n) is 2.26. The van der Waals surface area contributed by atoms with E-state index in [9.17, 15) is 14.4 Å². The van der Waals surface area contributed by atoms with Crippen molar-refractivity contribution in [2.24, 2.45) is 5.92 Å². The molecule has 21 heavy (non-hydrogen) atoms.